The van der Waals surface area contributed by atoms with Crippen LogP contribution in [-0.4, -0.2) is 31.7 Å². The van der Waals surface area contributed by atoms with Gasteiger partial charge < -0.3 is 4.80 Å². The molecule has 1 unspecified atom stereocenters. The van der Waals surface area contributed by atoms with E-state index >= 15 is 0 Å². The number of allylic oxidation sites excluding steroid dienone is 2. The van der Waals surface area contributed by atoms with Crippen LogP contribution in [0, 0.1) is 0 Å². The van der Waals surface area contributed by atoms with Gasteiger partial charge in [0.15, 0.2) is 8.56 Å². The van der Waals surface area contributed by atoms with Crippen molar-refractivity contribution in [3.05, 3.63) is 11.3 Å². The first-order chi connectivity index (χ1) is 4.84. The molecule has 0 saturated carbocycles. The van der Waals surface area contributed by atoms with Crippen molar-refractivity contribution in [2.75, 3.05) is 0 Å². The number of rotatable bonds is 2. The molecule has 1 aliphatic carbocycles. The minimum absolute atomic E-state index is 0.0586. The van der Waals surface area contributed by atoms with Crippen molar-refractivity contribution in [1.29, 1.82) is 0 Å². The van der Waals surface area contributed by atoms with Crippen molar-refractivity contribution in [3.63, 3.8) is 0 Å². The van der Waals surface area contributed by atoms with Crippen molar-refractivity contribution in [3.8, 4) is 0 Å². The third-order valence-electron chi connectivity index (χ3n) is 2.14. The summed E-state index contributed by atoms with van der Waals surface area (Å²) in [7, 11) is 0.174. The molecule has 58 valence electrons. The van der Waals surface area contributed by atoms with E-state index in [9.17, 15) is 4.80 Å². The van der Waals surface area contributed by atoms with Crippen LogP contribution in [0.25, 0.3) is 0 Å². The summed E-state index contributed by atoms with van der Waals surface area (Å²) in [6.45, 7) is 0. The van der Waals surface area contributed by atoms with Crippen molar-refractivity contribution in [1.82, 2.24) is 0 Å². The van der Waals surface area contributed by atoms with E-state index in [-0.39, 0.29) is 8.55 Å². The smallest absolute Gasteiger partial charge is 0.175 e. The maximum Gasteiger partial charge on any atom is 0.175 e. The Morgan fingerprint density at radius 3 is 2.90 bits per heavy atom. The fourth-order valence-corrected chi connectivity index (χ4v) is 10.3. The predicted octanol–water partition coefficient (Wildman–Crippen LogP) is -1.31. The van der Waals surface area contributed by atoms with Gasteiger partial charge in [-0.15, -0.1) is 0 Å². The summed E-state index contributed by atoms with van der Waals surface area (Å²) < 4.78 is 0. The maximum atomic E-state index is 9.65. The molecule has 1 N–H and O–H groups in total. The van der Waals surface area contributed by atoms with Gasteiger partial charge in [0.2, 0.25) is 0 Å². The quantitative estimate of drug-likeness (QED) is 0.534. The van der Waals surface area contributed by atoms with Gasteiger partial charge in [0, 0.05) is 8.55 Å². The van der Waals surface area contributed by atoms with Crippen LogP contribution in [0.3, 0.4) is 0 Å². The first-order valence-corrected chi connectivity index (χ1v) is 14.2. The Labute approximate surface area is 69.1 Å². The van der Waals surface area contributed by atoms with Crippen LogP contribution in [-0.2, 0) is 0 Å². The molecule has 0 aromatic carbocycles. The monoisotopic (exact) mass is 188 g/mol. The first-order valence-electron chi connectivity index (χ1n) is 4.21. The summed E-state index contributed by atoms with van der Waals surface area (Å²) in [6, 6.07) is 0. The molecule has 0 aliphatic heterocycles. The summed E-state index contributed by atoms with van der Waals surface area (Å²) >= 11 is 0. The van der Waals surface area contributed by atoms with Crippen LogP contribution < -0.4 is 0 Å². The van der Waals surface area contributed by atoms with Crippen molar-refractivity contribution < 1.29 is 4.80 Å². The number of hydrogen-bond acceptors (Lipinski definition) is 1. The van der Waals surface area contributed by atoms with E-state index in [1.807, 2.05) is 0 Å². The van der Waals surface area contributed by atoms with Gasteiger partial charge in [-0.2, -0.15) is 0 Å². The van der Waals surface area contributed by atoms with Crippen LogP contribution in [0.1, 0.15) is 25.7 Å². The molecule has 0 radical (unpaired) electrons. The van der Waals surface area contributed by atoms with Gasteiger partial charge in [0.25, 0.3) is 0 Å². The SMILES string of the molecule is O[SiH]([SiH2][SiH3])C1=CCCCC1. The van der Waals surface area contributed by atoms with Gasteiger partial charge in [-0.1, -0.05) is 11.3 Å². The van der Waals surface area contributed by atoms with Crippen LogP contribution >= 0.6 is 0 Å². The average molecular weight is 188 g/mol. The van der Waals surface area contributed by atoms with E-state index in [0.717, 1.165) is 0 Å². The minimum atomic E-state index is -1.20. The highest BCUT2D eigenvalue weighted by molar-refractivity contribution is 7.31. The van der Waals surface area contributed by atoms with E-state index in [1.165, 1.54) is 40.6 Å². The molecule has 1 aliphatic rings. The predicted molar refractivity (Wildman–Crippen MR) is 54.4 cm³/mol. The molecule has 0 saturated heterocycles. The van der Waals surface area contributed by atoms with Crippen molar-refractivity contribution in [2.45, 2.75) is 25.7 Å². The molecular weight excluding hydrogens is 172 g/mol. The van der Waals surface area contributed by atoms with Crippen LogP contribution in [0.4, 0.5) is 0 Å². The molecule has 1 nitrogen and oxygen atoms in total. The van der Waals surface area contributed by atoms with Gasteiger partial charge in [0.1, 0.15) is 0 Å². The second-order valence-corrected chi connectivity index (χ2v) is 17.7. The van der Waals surface area contributed by atoms with Gasteiger partial charge in [-0.25, -0.2) is 0 Å². The maximum absolute atomic E-state index is 9.65. The zero-order valence-electron chi connectivity index (χ0n) is 6.64. The summed E-state index contributed by atoms with van der Waals surface area (Å²) in [5.41, 5.74) is 0. The molecule has 0 spiro atoms. The Bertz CT molecular complexity index is 135. The first kappa shape index (κ1) is 8.45. The topological polar surface area (TPSA) is 20.2 Å². The lowest BCUT2D eigenvalue weighted by atomic mass is 10.1. The van der Waals surface area contributed by atoms with Crippen LogP contribution in [0.5, 0.6) is 0 Å². The van der Waals surface area contributed by atoms with E-state index in [4.69, 9.17) is 0 Å². The zero-order valence-corrected chi connectivity index (χ0v) is 11.2. The fourth-order valence-electron chi connectivity index (χ4n) is 1.43. The van der Waals surface area contributed by atoms with Gasteiger partial charge in [-0.05, 0) is 35.4 Å². The molecule has 0 aromatic heterocycles. The van der Waals surface area contributed by atoms with Gasteiger partial charge in [-0.3, -0.25) is 0 Å². The summed E-state index contributed by atoms with van der Waals surface area (Å²) in [5, 5.41) is 1.51. The summed E-state index contributed by atoms with van der Waals surface area (Å²) in [5.74, 6) is 0. The molecule has 0 amide bonds. The van der Waals surface area contributed by atoms with E-state index in [2.05, 4.69) is 6.08 Å². The van der Waals surface area contributed by atoms with E-state index in [0.29, 0.717) is 0 Å². The van der Waals surface area contributed by atoms with Crippen LogP contribution in [0.2, 0.25) is 0 Å². The molecule has 1 atom stereocenters. The lowest BCUT2D eigenvalue weighted by Gasteiger charge is -2.15. The summed E-state index contributed by atoms with van der Waals surface area (Å²) in [6.07, 6.45) is 7.50. The molecule has 0 heterocycles. The lowest BCUT2D eigenvalue weighted by Crippen LogP contribution is -2.26. The number of hydrogen-bond donors (Lipinski definition) is 1. The Balaban J connectivity index is 2.44. The van der Waals surface area contributed by atoms with E-state index < -0.39 is 8.56 Å². The van der Waals surface area contributed by atoms with Crippen LogP contribution in [0.15, 0.2) is 11.3 Å². The fraction of sp³-hybridized carbons (Fsp3) is 0.667. The molecule has 0 aromatic rings. The normalized spacial score (nSPS) is 23.5. The minimum Gasteiger partial charge on any atom is -0.434 e. The second-order valence-electron chi connectivity index (χ2n) is 2.95. The highest BCUT2D eigenvalue weighted by atomic mass is 29.5. The molecule has 0 bridgehead atoms. The zero-order chi connectivity index (χ0) is 7.40. The standard InChI is InChI=1S/C6H16OSi3/c7-10(9-8)6-4-2-1-3-5-6/h4,7,10H,1-3,5,9H2,8H3. The van der Waals surface area contributed by atoms with E-state index in [1.54, 1.807) is 0 Å². The Morgan fingerprint density at radius 1 is 1.60 bits per heavy atom. The Kier molecular flexibility index (Phi) is 3.61. The third-order valence-corrected chi connectivity index (χ3v) is 15.1. The third kappa shape index (κ3) is 2.19. The summed E-state index contributed by atoms with van der Waals surface area (Å²) in [4.78, 5) is 9.65. The molecular formula is C6H16OSi3. The molecule has 0 fully saturated rings. The average Bonchev–Trinajstić information content (AvgIpc) is 2.05. The van der Waals surface area contributed by atoms with Gasteiger partial charge in [0.05, 0.1) is 0 Å². The van der Waals surface area contributed by atoms with Crippen molar-refractivity contribution in [2.24, 2.45) is 0 Å². The van der Waals surface area contributed by atoms with Crippen molar-refractivity contribution >= 4 is 26.9 Å². The molecule has 4 heteroatoms. The Morgan fingerprint density at radius 2 is 2.40 bits per heavy atom. The highest BCUT2D eigenvalue weighted by Crippen LogP contribution is 2.17. The second kappa shape index (κ2) is 4.27. The van der Waals surface area contributed by atoms with Gasteiger partial charge >= 0.3 is 0 Å². The lowest BCUT2D eigenvalue weighted by molar-refractivity contribution is 0.591. The largest absolute Gasteiger partial charge is 0.434 e. The molecule has 10 heavy (non-hydrogen) atoms. The highest BCUT2D eigenvalue weighted by Gasteiger charge is 2.12. The molecule has 1 rings (SSSR count). The Hall–Kier alpha value is 0.351.